The molecule has 2 heterocycles. The summed E-state index contributed by atoms with van der Waals surface area (Å²) in [5.41, 5.74) is 6.59. The SMILES string of the molecule is COc1c(Br)cc(Br)cc1/C=c1\sc2n(c1=O)[C@@H](c1ccccc1)C1=C(N=2)c2ccccc2CC1. The van der Waals surface area contributed by atoms with Crippen LogP contribution in [0.4, 0.5) is 0 Å². The zero-order valence-corrected chi connectivity index (χ0v) is 22.8. The van der Waals surface area contributed by atoms with E-state index < -0.39 is 0 Å². The molecular formula is C28H20Br2N2O2S. The van der Waals surface area contributed by atoms with E-state index in [-0.39, 0.29) is 11.6 Å². The number of ether oxygens (including phenoxy) is 1. The number of fused-ring (bicyclic) bond motifs is 3. The molecule has 1 aliphatic carbocycles. The van der Waals surface area contributed by atoms with Crippen molar-refractivity contribution < 1.29 is 4.74 Å². The Bertz CT molecular complexity index is 1690. The molecule has 6 rings (SSSR count). The molecule has 174 valence electrons. The Morgan fingerprint density at radius 1 is 1.06 bits per heavy atom. The maximum absolute atomic E-state index is 13.9. The maximum atomic E-state index is 13.9. The van der Waals surface area contributed by atoms with Gasteiger partial charge in [-0.1, -0.05) is 81.9 Å². The predicted octanol–water partition coefficient (Wildman–Crippen LogP) is 5.85. The first kappa shape index (κ1) is 22.7. The minimum atomic E-state index is -0.172. The van der Waals surface area contributed by atoms with E-state index in [0.29, 0.717) is 10.3 Å². The van der Waals surface area contributed by atoms with Gasteiger partial charge in [-0.2, -0.15) is 0 Å². The van der Waals surface area contributed by atoms with Gasteiger partial charge in [0, 0.05) is 15.6 Å². The van der Waals surface area contributed by atoms with Gasteiger partial charge in [-0.05, 0) is 63.7 Å². The Hall–Kier alpha value is -2.74. The number of hydrogen-bond acceptors (Lipinski definition) is 4. The zero-order valence-electron chi connectivity index (χ0n) is 18.8. The van der Waals surface area contributed by atoms with Crippen LogP contribution in [0.1, 0.15) is 34.7 Å². The molecule has 0 radical (unpaired) electrons. The zero-order chi connectivity index (χ0) is 24.1. The number of benzene rings is 3. The number of allylic oxidation sites excluding steroid dienone is 1. The van der Waals surface area contributed by atoms with Crippen molar-refractivity contribution in [2.45, 2.75) is 18.9 Å². The third-order valence-electron chi connectivity index (χ3n) is 6.52. The summed E-state index contributed by atoms with van der Waals surface area (Å²) in [6.07, 6.45) is 3.73. The highest BCUT2D eigenvalue weighted by atomic mass is 79.9. The minimum Gasteiger partial charge on any atom is -0.495 e. The summed E-state index contributed by atoms with van der Waals surface area (Å²) in [6.45, 7) is 0. The van der Waals surface area contributed by atoms with Crippen LogP contribution in [0.3, 0.4) is 0 Å². The van der Waals surface area contributed by atoms with Crippen molar-refractivity contribution in [2.24, 2.45) is 4.99 Å². The van der Waals surface area contributed by atoms with E-state index in [0.717, 1.165) is 43.4 Å². The quantitative estimate of drug-likeness (QED) is 0.293. The maximum Gasteiger partial charge on any atom is 0.271 e. The molecule has 0 bridgehead atoms. The van der Waals surface area contributed by atoms with E-state index in [4.69, 9.17) is 9.73 Å². The molecule has 3 aromatic carbocycles. The van der Waals surface area contributed by atoms with Crippen LogP contribution in [-0.2, 0) is 6.42 Å². The molecule has 35 heavy (non-hydrogen) atoms. The van der Waals surface area contributed by atoms with Gasteiger partial charge in [0.15, 0.2) is 4.80 Å². The Balaban J connectivity index is 1.63. The number of methoxy groups -OCH3 is 1. The second kappa shape index (κ2) is 9.04. The van der Waals surface area contributed by atoms with Crippen molar-refractivity contribution in [3.8, 4) is 5.75 Å². The van der Waals surface area contributed by atoms with Crippen molar-refractivity contribution in [2.75, 3.05) is 7.11 Å². The summed E-state index contributed by atoms with van der Waals surface area (Å²) in [4.78, 5) is 19.7. The largest absolute Gasteiger partial charge is 0.495 e. The Morgan fingerprint density at radius 2 is 1.83 bits per heavy atom. The van der Waals surface area contributed by atoms with Gasteiger partial charge in [0.05, 0.1) is 27.9 Å². The number of aryl methyl sites for hydroxylation is 1. The number of hydrogen-bond donors (Lipinski definition) is 0. The number of aromatic nitrogens is 1. The van der Waals surface area contributed by atoms with Crippen LogP contribution in [0.2, 0.25) is 0 Å². The van der Waals surface area contributed by atoms with Crippen molar-refractivity contribution in [3.05, 3.63) is 123 Å². The lowest BCUT2D eigenvalue weighted by Gasteiger charge is -2.30. The fourth-order valence-corrected chi connectivity index (χ4v) is 7.41. The standard InChI is InChI=1S/C28H20Br2N2O2S/c1-34-26-18(13-19(29)15-22(26)30)14-23-27(33)32-25(17-8-3-2-4-9-17)21-12-11-16-7-5-6-10-20(16)24(21)31-28(32)35-23/h2-10,13-15,25H,11-12H2,1H3/b23-14-/t25-/m0/s1. The van der Waals surface area contributed by atoms with Crippen molar-refractivity contribution in [1.82, 2.24) is 4.57 Å². The molecule has 1 atom stereocenters. The summed E-state index contributed by atoms with van der Waals surface area (Å²) >= 11 is 8.54. The molecule has 0 spiro atoms. The Morgan fingerprint density at radius 3 is 2.63 bits per heavy atom. The van der Waals surface area contributed by atoms with E-state index in [1.54, 1.807) is 7.11 Å². The van der Waals surface area contributed by atoms with Gasteiger partial charge in [-0.15, -0.1) is 0 Å². The second-order valence-corrected chi connectivity index (χ2v) is 11.3. The van der Waals surface area contributed by atoms with Gasteiger partial charge in [0.1, 0.15) is 5.75 Å². The lowest BCUT2D eigenvalue weighted by Crippen LogP contribution is -2.38. The van der Waals surface area contributed by atoms with Crippen LogP contribution >= 0.6 is 43.2 Å². The minimum absolute atomic E-state index is 0.0360. The van der Waals surface area contributed by atoms with Gasteiger partial charge in [0.2, 0.25) is 0 Å². The highest BCUT2D eigenvalue weighted by Gasteiger charge is 2.32. The monoisotopic (exact) mass is 606 g/mol. The first-order valence-electron chi connectivity index (χ1n) is 11.3. The highest BCUT2D eigenvalue weighted by Crippen LogP contribution is 2.41. The van der Waals surface area contributed by atoms with E-state index in [1.807, 2.05) is 41.0 Å². The van der Waals surface area contributed by atoms with E-state index in [2.05, 4.69) is 68.3 Å². The van der Waals surface area contributed by atoms with Crippen LogP contribution in [0.25, 0.3) is 11.8 Å². The average molecular weight is 608 g/mol. The molecule has 4 nitrogen and oxygen atoms in total. The van der Waals surface area contributed by atoms with Crippen LogP contribution < -0.4 is 19.6 Å². The fraction of sp³-hybridized carbons (Fsp3) is 0.143. The van der Waals surface area contributed by atoms with Gasteiger partial charge < -0.3 is 4.74 Å². The van der Waals surface area contributed by atoms with Gasteiger partial charge >= 0.3 is 0 Å². The van der Waals surface area contributed by atoms with Gasteiger partial charge in [-0.3, -0.25) is 9.36 Å². The van der Waals surface area contributed by atoms with Crippen LogP contribution in [0.15, 0.2) is 91.0 Å². The number of rotatable bonds is 3. The summed E-state index contributed by atoms with van der Waals surface area (Å²) in [5, 5.41) is 0. The third-order valence-corrected chi connectivity index (χ3v) is 8.55. The molecule has 0 fully saturated rings. The van der Waals surface area contributed by atoms with Gasteiger partial charge in [0.25, 0.3) is 5.56 Å². The number of nitrogens with zero attached hydrogens (tertiary/aromatic N) is 2. The van der Waals surface area contributed by atoms with Gasteiger partial charge in [-0.25, -0.2) is 4.99 Å². The smallest absolute Gasteiger partial charge is 0.271 e. The molecule has 7 heteroatoms. The first-order chi connectivity index (χ1) is 17.0. The highest BCUT2D eigenvalue weighted by molar-refractivity contribution is 9.11. The molecule has 4 aromatic rings. The molecule has 0 unspecified atom stereocenters. The van der Waals surface area contributed by atoms with Crippen LogP contribution in [0.5, 0.6) is 5.75 Å². The Kier molecular flexibility index (Phi) is 5.87. The van der Waals surface area contributed by atoms with Crippen molar-refractivity contribution in [3.63, 3.8) is 0 Å². The molecular weight excluding hydrogens is 588 g/mol. The normalized spacial score (nSPS) is 16.9. The predicted molar refractivity (Wildman–Crippen MR) is 148 cm³/mol. The summed E-state index contributed by atoms with van der Waals surface area (Å²) < 4.78 is 9.84. The molecule has 2 aliphatic rings. The van der Waals surface area contributed by atoms with E-state index in [1.165, 1.54) is 28.0 Å². The Labute approximate surface area is 223 Å². The molecule has 1 aromatic heterocycles. The molecule has 1 aliphatic heterocycles. The molecule has 0 N–H and O–H groups in total. The average Bonchev–Trinajstić information content (AvgIpc) is 3.17. The summed E-state index contributed by atoms with van der Waals surface area (Å²) in [6, 6.07) is 22.5. The number of halogens is 2. The van der Waals surface area contributed by atoms with Crippen LogP contribution in [0, 0.1) is 0 Å². The summed E-state index contributed by atoms with van der Waals surface area (Å²) in [5.74, 6) is 0.687. The topological polar surface area (TPSA) is 43.6 Å². The molecule has 0 saturated carbocycles. The lowest BCUT2D eigenvalue weighted by molar-refractivity contribution is 0.411. The lowest BCUT2D eigenvalue weighted by atomic mass is 9.83. The van der Waals surface area contributed by atoms with Crippen LogP contribution in [-0.4, -0.2) is 11.7 Å². The first-order valence-corrected chi connectivity index (χ1v) is 13.7. The fourth-order valence-electron chi connectivity index (χ4n) is 5.00. The molecule has 0 amide bonds. The van der Waals surface area contributed by atoms with Crippen molar-refractivity contribution >= 4 is 55.0 Å². The van der Waals surface area contributed by atoms with Crippen molar-refractivity contribution in [1.29, 1.82) is 0 Å². The third kappa shape index (κ3) is 3.86. The second-order valence-electron chi connectivity index (χ2n) is 8.53. The van der Waals surface area contributed by atoms with E-state index >= 15 is 0 Å². The molecule has 0 saturated heterocycles. The van der Waals surface area contributed by atoms with E-state index in [9.17, 15) is 4.79 Å². The summed E-state index contributed by atoms with van der Waals surface area (Å²) in [7, 11) is 1.63. The number of thiazole rings is 1.